The van der Waals surface area contributed by atoms with Gasteiger partial charge < -0.3 is 20.7 Å². The number of carbonyl (C=O) groups excluding carboxylic acids is 2. The average Bonchev–Trinajstić information content (AvgIpc) is 2.93. The lowest BCUT2D eigenvalue weighted by Gasteiger charge is -2.17. The van der Waals surface area contributed by atoms with Gasteiger partial charge in [0.2, 0.25) is 5.91 Å². The van der Waals surface area contributed by atoms with Crippen LogP contribution in [0.2, 0.25) is 0 Å². The highest BCUT2D eigenvalue weighted by Gasteiger charge is 2.27. The van der Waals surface area contributed by atoms with Crippen molar-refractivity contribution in [3.05, 3.63) is 30.1 Å². The number of benzene rings is 1. The number of nitrogens with one attached hydrogen (secondary N) is 3. The third-order valence-corrected chi connectivity index (χ3v) is 3.57. The molecule has 3 amide bonds. The van der Waals surface area contributed by atoms with Crippen molar-refractivity contribution in [1.82, 2.24) is 20.9 Å². The summed E-state index contributed by atoms with van der Waals surface area (Å²) in [5, 5.41) is 8.64. The Kier molecular flexibility index (Phi) is 9.83. The van der Waals surface area contributed by atoms with E-state index in [2.05, 4.69) is 20.9 Å². The van der Waals surface area contributed by atoms with Crippen LogP contribution in [-0.4, -0.2) is 61.6 Å². The first kappa shape index (κ1) is 22.9. The summed E-state index contributed by atoms with van der Waals surface area (Å²) < 4.78 is 18.6. The number of aliphatic imine (C=N–C) groups is 1. The van der Waals surface area contributed by atoms with Gasteiger partial charge in [-0.25, -0.2) is 14.2 Å². The van der Waals surface area contributed by atoms with E-state index in [1.165, 1.54) is 12.1 Å². The zero-order valence-corrected chi connectivity index (χ0v) is 17.7. The van der Waals surface area contributed by atoms with E-state index in [4.69, 9.17) is 4.74 Å². The van der Waals surface area contributed by atoms with Crippen LogP contribution in [0.3, 0.4) is 0 Å². The predicted molar refractivity (Wildman–Crippen MR) is 111 cm³/mol. The molecule has 1 heterocycles. The third kappa shape index (κ3) is 7.57. The number of ether oxygens (including phenoxy) is 1. The summed E-state index contributed by atoms with van der Waals surface area (Å²) in [5.74, 6) is 0.589. The molecular weight excluding hydrogens is 468 g/mol. The molecule has 1 saturated heterocycles. The molecule has 3 N–H and O–H groups in total. The molecule has 8 nitrogen and oxygen atoms in total. The molecule has 1 atom stereocenters. The number of guanidine groups is 1. The fraction of sp³-hybridized carbons (Fsp3) is 0.471. The number of halogens is 2. The fourth-order valence-electron chi connectivity index (χ4n) is 2.31. The molecule has 0 radical (unpaired) electrons. The lowest BCUT2D eigenvalue weighted by atomic mass is 10.3. The third-order valence-electron chi connectivity index (χ3n) is 3.57. The van der Waals surface area contributed by atoms with Crippen molar-refractivity contribution in [3.8, 4) is 5.75 Å². The summed E-state index contributed by atoms with van der Waals surface area (Å²) in [5.41, 5.74) is 0. The molecule has 10 heteroatoms. The van der Waals surface area contributed by atoms with Gasteiger partial charge >= 0.3 is 6.03 Å². The van der Waals surface area contributed by atoms with E-state index in [0.717, 1.165) is 4.90 Å². The lowest BCUT2D eigenvalue weighted by Crippen LogP contribution is -2.43. The number of rotatable bonds is 8. The highest BCUT2D eigenvalue weighted by molar-refractivity contribution is 14.0. The Hall–Kier alpha value is -2.11. The minimum atomic E-state index is -0.375. The van der Waals surface area contributed by atoms with E-state index >= 15 is 0 Å². The standard InChI is InChI=1S/C17H24FN5O3.HI/c1-3-19-16(20-8-9-23-15(24)11-22-17(23)25)21-10-12(2)26-14-6-4-13(18)5-7-14;/h4-7,12H,3,8-11H2,1-2H3,(H,22,25)(H2,19,20,21);1H. The normalized spacial score (nSPS) is 15.1. The predicted octanol–water partition coefficient (Wildman–Crippen LogP) is 1.32. The maximum absolute atomic E-state index is 12.9. The van der Waals surface area contributed by atoms with E-state index in [-0.39, 0.29) is 60.9 Å². The Morgan fingerprint density at radius 2 is 2.04 bits per heavy atom. The van der Waals surface area contributed by atoms with Crippen LogP contribution in [0.4, 0.5) is 9.18 Å². The second-order valence-electron chi connectivity index (χ2n) is 5.73. The molecule has 1 fully saturated rings. The zero-order chi connectivity index (χ0) is 18.9. The molecule has 27 heavy (non-hydrogen) atoms. The Balaban J connectivity index is 0.00000364. The van der Waals surface area contributed by atoms with Gasteiger partial charge in [-0.15, -0.1) is 24.0 Å². The molecule has 0 aliphatic carbocycles. The van der Waals surface area contributed by atoms with Crippen LogP contribution in [0.1, 0.15) is 13.8 Å². The summed E-state index contributed by atoms with van der Waals surface area (Å²) >= 11 is 0. The number of carbonyl (C=O) groups is 2. The molecule has 0 bridgehead atoms. The topological polar surface area (TPSA) is 95.1 Å². The van der Waals surface area contributed by atoms with Crippen molar-refractivity contribution in [1.29, 1.82) is 0 Å². The summed E-state index contributed by atoms with van der Waals surface area (Å²) in [4.78, 5) is 28.6. The molecule has 0 spiro atoms. The van der Waals surface area contributed by atoms with Gasteiger partial charge in [-0.2, -0.15) is 0 Å². The SMILES string of the molecule is CCNC(=NCC(C)Oc1ccc(F)cc1)NCCN1C(=O)CNC1=O.I. The minimum Gasteiger partial charge on any atom is -0.489 e. The van der Waals surface area contributed by atoms with Gasteiger partial charge in [-0.3, -0.25) is 9.69 Å². The largest absolute Gasteiger partial charge is 0.489 e. The molecule has 1 aromatic rings. The van der Waals surface area contributed by atoms with Gasteiger partial charge in [-0.05, 0) is 38.1 Å². The molecule has 1 unspecified atom stereocenters. The Morgan fingerprint density at radius 3 is 2.63 bits per heavy atom. The van der Waals surface area contributed by atoms with E-state index < -0.39 is 0 Å². The van der Waals surface area contributed by atoms with Crippen molar-refractivity contribution in [3.63, 3.8) is 0 Å². The van der Waals surface area contributed by atoms with Crippen LogP contribution < -0.4 is 20.7 Å². The van der Waals surface area contributed by atoms with Gasteiger partial charge in [0.15, 0.2) is 5.96 Å². The quantitative estimate of drug-likeness (QED) is 0.220. The second-order valence-corrected chi connectivity index (χ2v) is 5.73. The highest BCUT2D eigenvalue weighted by atomic mass is 127. The Labute approximate surface area is 174 Å². The molecular formula is C17H25FIN5O3. The van der Waals surface area contributed by atoms with Gasteiger partial charge in [-0.1, -0.05) is 0 Å². The van der Waals surface area contributed by atoms with Gasteiger partial charge in [0.25, 0.3) is 0 Å². The minimum absolute atomic E-state index is 0. The number of imide groups is 1. The number of nitrogens with zero attached hydrogens (tertiary/aromatic N) is 2. The van der Waals surface area contributed by atoms with E-state index in [9.17, 15) is 14.0 Å². The monoisotopic (exact) mass is 493 g/mol. The second kappa shape index (κ2) is 11.6. The number of hydrogen-bond donors (Lipinski definition) is 3. The van der Waals surface area contributed by atoms with Gasteiger partial charge in [0.05, 0.1) is 13.1 Å². The van der Waals surface area contributed by atoms with E-state index in [1.54, 1.807) is 12.1 Å². The van der Waals surface area contributed by atoms with E-state index in [1.807, 2.05) is 13.8 Å². The van der Waals surface area contributed by atoms with Crippen LogP contribution in [0.25, 0.3) is 0 Å². The van der Waals surface area contributed by atoms with Crippen LogP contribution in [-0.2, 0) is 4.79 Å². The van der Waals surface area contributed by atoms with E-state index in [0.29, 0.717) is 31.3 Å². The van der Waals surface area contributed by atoms with Crippen LogP contribution >= 0.6 is 24.0 Å². The molecule has 0 aromatic heterocycles. The fourth-order valence-corrected chi connectivity index (χ4v) is 2.31. The summed E-state index contributed by atoms with van der Waals surface area (Å²) in [6.45, 7) is 5.55. The molecule has 1 aliphatic heterocycles. The molecule has 0 saturated carbocycles. The zero-order valence-electron chi connectivity index (χ0n) is 15.3. The molecule has 1 aromatic carbocycles. The van der Waals surface area contributed by atoms with Crippen molar-refractivity contribution in [2.75, 3.05) is 32.7 Å². The maximum atomic E-state index is 12.9. The highest BCUT2D eigenvalue weighted by Crippen LogP contribution is 2.13. The van der Waals surface area contributed by atoms with Gasteiger partial charge in [0.1, 0.15) is 17.7 Å². The average molecular weight is 493 g/mol. The van der Waals surface area contributed by atoms with Crippen LogP contribution in [0.15, 0.2) is 29.3 Å². The van der Waals surface area contributed by atoms with Crippen molar-refractivity contribution in [2.45, 2.75) is 20.0 Å². The number of urea groups is 1. The summed E-state index contributed by atoms with van der Waals surface area (Å²) in [6, 6.07) is 5.44. The van der Waals surface area contributed by atoms with Crippen molar-refractivity contribution in [2.24, 2.45) is 4.99 Å². The molecule has 2 rings (SSSR count). The van der Waals surface area contributed by atoms with Crippen molar-refractivity contribution >= 4 is 41.9 Å². The van der Waals surface area contributed by atoms with Crippen molar-refractivity contribution < 1.29 is 18.7 Å². The molecule has 1 aliphatic rings. The number of hydrogen-bond acceptors (Lipinski definition) is 4. The molecule has 150 valence electrons. The van der Waals surface area contributed by atoms with Crippen LogP contribution in [0, 0.1) is 5.82 Å². The summed E-state index contributed by atoms with van der Waals surface area (Å²) in [7, 11) is 0. The van der Waals surface area contributed by atoms with Crippen LogP contribution in [0.5, 0.6) is 5.75 Å². The van der Waals surface area contributed by atoms with Gasteiger partial charge in [0, 0.05) is 19.6 Å². The smallest absolute Gasteiger partial charge is 0.324 e. The first-order valence-electron chi connectivity index (χ1n) is 8.52. The first-order valence-corrected chi connectivity index (χ1v) is 8.52. The summed E-state index contributed by atoms with van der Waals surface area (Å²) in [6.07, 6.45) is -0.207. The maximum Gasteiger partial charge on any atom is 0.324 e. The Morgan fingerprint density at radius 1 is 1.33 bits per heavy atom. The Bertz CT molecular complexity index is 640. The lowest BCUT2D eigenvalue weighted by molar-refractivity contribution is -0.124. The number of amides is 3. The first-order chi connectivity index (χ1) is 12.5.